The number of alkyl halides is 2. The van der Waals surface area contributed by atoms with E-state index in [1.807, 2.05) is 6.92 Å². The lowest BCUT2D eigenvalue weighted by atomic mass is 10.1. The molecule has 1 unspecified atom stereocenters. The highest BCUT2D eigenvalue weighted by molar-refractivity contribution is 5.78. The number of aliphatic carboxylic acids is 1. The molecule has 0 aromatic heterocycles. The summed E-state index contributed by atoms with van der Waals surface area (Å²) in [4.78, 5) is 11.1. The normalized spacial score (nSPS) is 12.2. The van der Waals surface area contributed by atoms with Crippen LogP contribution in [0.2, 0.25) is 0 Å². The number of rotatable bonds is 8. The van der Waals surface area contributed by atoms with Crippen LogP contribution in [0.25, 0.3) is 0 Å². The summed E-state index contributed by atoms with van der Waals surface area (Å²) in [7, 11) is 0. The maximum Gasteiger partial charge on any atom is 0.387 e. The Labute approximate surface area is 110 Å². The third-order valence-corrected chi connectivity index (χ3v) is 2.58. The van der Waals surface area contributed by atoms with Gasteiger partial charge >= 0.3 is 12.6 Å². The molecule has 1 aromatic carbocycles. The van der Waals surface area contributed by atoms with E-state index in [2.05, 4.69) is 10.1 Å². The number of anilines is 1. The zero-order valence-electron chi connectivity index (χ0n) is 10.6. The fraction of sp³-hybridized carbons (Fsp3) is 0.462. The van der Waals surface area contributed by atoms with E-state index in [0.29, 0.717) is 6.42 Å². The Morgan fingerprint density at radius 2 is 2.11 bits per heavy atom. The maximum atomic E-state index is 12.2. The van der Waals surface area contributed by atoms with Gasteiger partial charge in [-0.15, -0.1) is 0 Å². The quantitative estimate of drug-likeness (QED) is 0.762. The lowest BCUT2D eigenvalue weighted by Crippen LogP contribution is -2.29. The van der Waals surface area contributed by atoms with Gasteiger partial charge in [-0.25, -0.2) is 4.79 Å². The zero-order valence-corrected chi connectivity index (χ0v) is 10.6. The number of unbranched alkanes of at least 4 members (excludes halogenated alkanes) is 1. The molecule has 19 heavy (non-hydrogen) atoms. The van der Waals surface area contributed by atoms with E-state index in [1.165, 1.54) is 12.1 Å². The molecule has 0 saturated heterocycles. The number of carbonyl (C=O) groups is 1. The third kappa shape index (κ3) is 5.11. The van der Waals surface area contributed by atoms with Crippen molar-refractivity contribution in [2.45, 2.75) is 38.8 Å². The largest absolute Gasteiger partial charge is 0.480 e. The molecule has 0 aliphatic carbocycles. The fourth-order valence-electron chi connectivity index (χ4n) is 1.64. The molecule has 1 rings (SSSR count). The van der Waals surface area contributed by atoms with Crippen LogP contribution in [-0.2, 0) is 4.79 Å². The van der Waals surface area contributed by atoms with Crippen molar-refractivity contribution < 1.29 is 23.4 Å². The number of hydrogen-bond donors (Lipinski definition) is 2. The number of carboxylic acids is 1. The number of carboxylic acid groups (broad SMARTS) is 1. The van der Waals surface area contributed by atoms with Gasteiger partial charge in [-0.1, -0.05) is 31.9 Å². The molecule has 6 heteroatoms. The van der Waals surface area contributed by atoms with E-state index < -0.39 is 18.6 Å². The summed E-state index contributed by atoms with van der Waals surface area (Å²) in [6.07, 6.45) is 2.03. The van der Waals surface area contributed by atoms with Gasteiger partial charge in [-0.2, -0.15) is 8.78 Å². The van der Waals surface area contributed by atoms with Crippen LogP contribution in [0.3, 0.4) is 0 Å². The molecule has 0 radical (unpaired) electrons. The van der Waals surface area contributed by atoms with Crippen molar-refractivity contribution in [3.8, 4) is 5.75 Å². The second-order valence-corrected chi connectivity index (χ2v) is 4.05. The van der Waals surface area contributed by atoms with E-state index in [-0.39, 0.29) is 11.4 Å². The van der Waals surface area contributed by atoms with Crippen molar-refractivity contribution in [1.82, 2.24) is 0 Å². The minimum absolute atomic E-state index is 0.0553. The standard InChI is InChI=1S/C13H17F2NO3/c1-2-3-6-10(12(17)18)16-9-7-4-5-8-11(9)19-13(14)15/h4-5,7-8,10,13,16H,2-3,6H2,1H3,(H,17,18). The molecule has 0 amide bonds. The van der Waals surface area contributed by atoms with Crippen LogP contribution in [0.15, 0.2) is 24.3 Å². The van der Waals surface area contributed by atoms with Gasteiger partial charge in [-0.3, -0.25) is 0 Å². The van der Waals surface area contributed by atoms with E-state index in [0.717, 1.165) is 12.8 Å². The SMILES string of the molecule is CCCCC(Nc1ccccc1OC(F)F)C(=O)O. The first kappa shape index (κ1) is 15.2. The van der Waals surface area contributed by atoms with Crippen LogP contribution >= 0.6 is 0 Å². The molecule has 106 valence electrons. The summed E-state index contributed by atoms with van der Waals surface area (Å²) in [6.45, 7) is -0.992. The molecule has 4 nitrogen and oxygen atoms in total. The molecule has 0 aliphatic heterocycles. The van der Waals surface area contributed by atoms with Crippen LogP contribution < -0.4 is 10.1 Å². The van der Waals surface area contributed by atoms with Crippen molar-refractivity contribution in [2.24, 2.45) is 0 Å². The van der Waals surface area contributed by atoms with Gasteiger partial charge in [0, 0.05) is 0 Å². The second-order valence-electron chi connectivity index (χ2n) is 4.05. The summed E-state index contributed by atoms with van der Waals surface area (Å²) in [5.41, 5.74) is 0.256. The Bertz CT molecular complexity index is 413. The smallest absolute Gasteiger partial charge is 0.387 e. The average molecular weight is 273 g/mol. The highest BCUT2D eigenvalue weighted by atomic mass is 19.3. The summed E-state index contributed by atoms with van der Waals surface area (Å²) in [6, 6.07) is 5.24. The number of ether oxygens (including phenoxy) is 1. The minimum atomic E-state index is -2.94. The minimum Gasteiger partial charge on any atom is -0.480 e. The van der Waals surface area contributed by atoms with Gasteiger partial charge in [0.25, 0.3) is 0 Å². The molecule has 1 aromatic rings. The van der Waals surface area contributed by atoms with Crippen LogP contribution in [0.5, 0.6) is 5.75 Å². The molecule has 0 fully saturated rings. The number of benzene rings is 1. The Morgan fingerprint density at radius 1 is 1.42 bits per heavy atom. The Morgan fingerprint density at radius 3 is 2.68 bits per heavy atom. The summed E-state index contributed by atoms with van der Waals surface area (Å²) in [5, 5.41) is 11.8. The van der Waals surface area contributed by atoms with Gasteiger partial charge in [0.05, 0.1) is 5.69 Å². The molecular formula is C13H17F2NO3. The molecule has 0 saturated carbocycles. The van der Waals surface area contributed by atoms with Gasteiger partial charge in [0.15, 0.2) is 0 Å². The Balaban J connectivity index is 2.80. The highest BCUT2D eigenvalue weighted by Crippen LogP contribution is 2.26. The first-order chi connectivity index (χ1) is 9.04. The van der Waals surface area contributed by atoms with Gasteiger partial charge in [0.2, 0.25) is 0 Å². The molecule has 0 bridgehead atoms. The summed E-state index contributed by atoms with van der Waals surface area (Å²) in [5.74, 6) is -1.07. The first-order valence-electron chi connectivity index (χ1n) is 6.07. The lowest BCUT2D eigenvalue weighted by molar-refractivity contribution is -0.138. The number of para-hydroxylation sites is 2. The van der Waals surface area contributed by atoms with Crippen molar-refractivity contribution in [2.75, 3.05) is 5.32 Å². The van der Waals surface area contributed by atoms with Gasteiger partial charge in [-0.05, 0) is 18.6 Å². The molecule has 0 heterocycles. The van der Waals surface area contributed by atoms with Crippen molar-refractivity contribution in [1.29, 1.82) is 0 Å². The van der Waals surface area contributed by atoms with E-state index in [1.54, 1.807) is 12.1 Å². The van der Waals surface area contributed by atoms with Crippen molar-refractivity contribution >= 4 is 11.7 Å². The lowest BCUT2D eigenvalue weighted by Gasteiger charge is -2.18. The summed E-state index contributed by atoms with van der Waals surface area (Å²) < 4.78 is 28.8. The van der Waals surface area contributed by atoms with Crippen LogP contribution in [0.1, 0.15) is 26.2 Å². The molecule has 2 N–H and O–H groups in total. The predicted molar refractivity (Wildman–Crippen MR) is 67.6 cm³/mol. The van der Waals surface area contributed by atoms with Crippen LogP contribution in [0.4, 0.5) is 14.5 Å². The topological polar surface area (TPSA) is 58.6 Å². The number of hydrogen-bond acceptors (Lipinski definition) is 3. The Kier molecular flexibility index (Phi) is 6.05. The van der Waals surface area contributed by atoms with E-state index in [9.17, 15) is 13.6 Å². The number of halogens is 2. The van der Waals surface area contributed by atoms with Crippen LogP contribution in [-0.4, -0.2) is 23.7 Å². The summed E-state index contributed by atoms with van der Waals surface area (Å²) >= 11 is 0. The second kappa shape index (κ2) is 7.56. The predicted octanol–water partition coefficient (Wildman–Crippen LogP) is 3.34. The molecule has 1 atom stereocenters. The monoisotopic (exact) mass is 273 g/mol. The zero-order chi connectivity index (χ0) is 14.3. The van der Waals surface area contributed by atoms with Crippen molar-refractivity contribution in [3.05, 3.63) is 24.3 Å². The molecule has 0 spiro atoms. The van der Waals surface area contributed by atoms with E-state index >= 15 is 0 Å². The number of nitrogens with one attached hydrogen (secondary N) is 1. The average Bonchev–Trinajstić information content (AvgIpc) is 2.35. The van der Waals surface area contributed by atoms with E-state index in [4.69, 9.17) is 5.11 Å². The molecular weight excluding hydrogens is 256 g/mol. The Hall–Kier alpha value is -1.85. The molecule has 0 aliphatic rings. The van der Waals surface area contributed by atoms with Gasteiger partial charge < -0.3 is 15.2 Å². The third-order valence-electron chi connectivity index (χ3n) is 2.58. The fourth-order valence-corrected chi connectivity index (χ4v) is 1.64. The van der Waals surface area contributed by atoms with Crippen LogP contribution in [0, 0.1) is 0 Å². The van der Waals surface area contributed by atoms with Gasteiger partial charge in [0.1, 0.15) is 11.8 Å². The first-order valence-corrected chi connectivity index (χ1v) is 6.07. The van der Waals surface area contributed by atoms with Crippen molar-refractivity contribution in [3.63, 3.8) is 0 Å². The highest BCUT2D eigenvalue weighted by Gasteiger charge is 2.18. The maximum absolute atomic E-state index is 12.2.